The fourth-order valence-corrected chi connectivity index (χ4v) is 2.21. The number of benzene rings is 1. The summed E-state index contributed by atoms with van der Waals surface area (Å²) in [6, 6.07) is 10.3. The Balaban J connectivity index is 2.16. The summed E-state index contributed by atoms with van der Waals surface area (Å²) in [7, 11) is 1.56. The van der Waals surface area contributed by atoms with E-state index in [2.05, 4.69) is 37.2 Å². The number of anilines is 1. The quantitative estimate of drug-likeness (QED) is 0.583. The highest BCUT2D eigenvalue weighted by Crippen LogP contribution is 2.28. The van der Waals surface area contributed by atoms with Gasteiger partial charge in [0.1, 0.15) is 23.2 Å². The lowest BCUT2D eigenvalue weighted by Gasteiger charge is -2.05. The van der Waals surface area contributed by atoms with E-state index in [-0.39, 0.29) is 5.57 Å². The Hall–Kier alpha value is -2.04. The van der Waals surface area contributed by atoms with E-state index in [0.717, 1.165) is 0 Å². The van der Waals surface area contributed by atoms with E-state index in [0.29, 0.717) is 26.3 Å². The van der Waals surface area contributed by atoms with Crippen LogP contribution in [0.5, 0.6) is 5.75 Å². The molecule has 0 aliphatic heterocycles. The Bertz CT molecular complexity index is 739. The van der Waals surface area contributed by atoms with Gasteiger partial charge in [-0.05, 0) is 62.2 Å². The van der Waals surface area contributed by atoms with Gasteiger partial charge in [0.25, 0.3) is 5.91 Å². The number of methoxy groups -OCH3 is 1. The van der Waals surface area contributed by atoms with Crippen LogP contribution in [-0.4, -0.2) is 13.0 Å². The molecule has 0 saturated carbocycles. The molecule has 22 heavy (non-hydrogen) atoms. The van der Waals surface area contributed by atoms with Gasteiger partial charge >= 0.3 is 0 Å². The molecule has 1 aromatic carbocycles. The lowest BCUT2D eigenvalue weighted by molar-refractivity contribution is -0.112. The number of carbonyl (C=O) groups is 1. The lowest BCUT2D eigenvalue weighted by Crippen LogP contribution is -2.13. The molecule has 0 spiro atoms. The normalized spacial score (nSPS) is 10.9. The third-order valence-corrected chi connectivity index (χ3v) is 4.37. The summed E-state index contributed by atoms with van der Waals surface area (Å²) in [5, 5.41) is 11.8. The van der Waals surface area contributed by atoms with E-state index < -0.39 is 5.91 Å². The number of carbonyl (C=O) groups excluding carboxylic acids is 1. The number of hydrogen-bond acceptors (Lipinski definition) is 4. The van der Waals surface area contributed by atoms with Gasteiger partial charge in [0.05, 0.1) is 11.6 Å². The number of hydrogen-bond donors (Lipinski definition) is 1. The van der Waals surface area contributed by atoms with Gasteiger partial charge in [-0.2, -0.15) is 5.26 Å². The maximum absolute atomic E-state index is 12.1. The topological polar surface area (TPSA) is 75.3 Å². The van der Waals surface area contributed by atoms with Crippen LogP contribution in [0.15, 0.2) is 49.5 Å². The molecule has 0 radical (unpaired) electrons. The fraction of sp³-hybridized carbons (Fsp3) is 0.0667. The van der Waals surface area contributed by atoms with Crippen molar-refractivity contribution in [1.29, 1.82) is 5.26 Å². The van der Waals surface area contributed by atoms with Crippen LogP contribution in [0.4, 0.5) is 5.69 Å². The summed E-state index contributed by atoms with van der Waals surface area (Å²) in [4.78, 5) is 12.1. The minimum atomic E-state index is -0.517. The van der Waals surface area contributed by atoms with Crippen LogP contribution in [0, 0.1) is 11.3 Å². The molecule has 0 atom stereocenters. The van der Waals surface area contributed by atoms with E-state index >= 15 is 0 Å². The first-order chi connectivity index (χ1) is 10.5. The number of nitrogens with zero attached hydrogens (tertiary/aromatic N) is 1. The average molecular weight is 426 g/mol. The van der Waals surface area contributed by atoms with Crippen LogP contribution in [0.25, 0.3) is 6.08 Å². The molecule has 5 nitrogen and oxygen atoms in total. The van der Waals surface area contributed by atoms with Crippen molar-refractivity contribution in [3.8, 4) is 11.8 Å². The lowest BCUT2D eigenvalue weighted by atomic mass is 10.2. The van der Waals surface area contributed by atoms with Crippen LogP contribution < -0.4 is 10.1 Å². The number of halogens is 2. The zero-order valence-electron chi connectivity index (χ0n) is 11.4. The summed E-state index contributed by atoms with van der Waals surface area (Å²) < 4.78 is 11.6. The van der Waals surface area contributed by atoms with Gasteiger partial charge in [0.15, 0.2) is 4.67 Å². The fourth-order valence-electron chi connectivity index (χ4n) is 1.60. The van der Waals surface area contributed by atoms with Gasteiger partial charge in [0.2, 0.25) is 0 Å². The monoisotopic (exact) mass is 424 g/mol. The Morgan fingerprint density at radius 3 is 2.55 bits per heavy atom. The SMILES string of the molecule is COc1ccc(NC(=O)/C(C#N)=C\c2cc(Br)c(Br)o2)cc1. The van der Waals surface area contributed by atoms with Gasteiger partial charge in [-0.25, -0.2) is 0 Å². The standard InChI is InChI=1S/C15H10Br2N2O3/c1-21-11-4-2-10(3-5-11)19-15(20)9(8-18)6-12-7-13(16)14(17)22-12/h2-7H,1H3,(H,19,20)/b9-6-. The number of ether oxygens (including phenoxy) is 1. The van der Waals surface area contributed by atoms with E-state index in [1.807, 2.05) is 6.07 Å². The Morgan fingerprint density at radius 2 is 2.05 bits per heavy atom. The molecule has 2 aromatic rings. The van der Waals surface area contributed by atoms with E-state index in [9.17, 15) is 4.79 Å². The highest BCUT2D eigenvalue weighted by molar-refractivity contribution is 9.13. The predicted octanol–water partition coefficient (Wildman–Crippen LogP) is 4.36. The second-order valence-corrected chi connectivity index (χ2v) is 5.70. The Labute approximate surface area is 143 Å². The van der Waals surface area contributed by atoms with Crippen LogP contribution >= 0.6 is 31.9 Å². The highest BCUT2D eigenvalue weighted by atomic mass is 79.9. The minimum Gasteiger partial charge on any atom is -0.497 e. The molecule has 0 fully saturated rings. The summed E-state index contributed by atoms with van der Waals surface area (Å²) in [5.41, 5.74) is 0.498. The smallest absolute Gasteiger partial charge is 0.266 e. The molecule has 0 saturated heterocycles. The van der Waals surface area contributed by atoms with Crippen LogP contribution in [-0.2, 0) is 4.79 Å². The van der Waals surface area contributed by atoms with Crippen LogP contribution in [0.3, 0.4) is 0 Å². The second kappa shape index (κ2) is 7.29. The van der Waals surface area contributed by atoms with Crippen molar-refractivity contribution < 1.29 is 13.9 Å². The summed E-state index contributed by atoms with van der Waals surface area (Å²) in [6.07, 6.45) is 1.37. The first-order valence-electron chi connectivity index (χ1n) is 6.05. The van der Waals surface area contributed by atoms with E-state index in [1.54, 1.807) is 37.4 Å². The van der Waals surface area contributed by atoms with E-state index in [1.165, 1.54) is 6.08 Å². The van der Waals surface area contributed by atoms with Crippen molar-refractivity contribution in [2.75, 3.05) is 12.4 Å². The molecule has 0 bridgehead atoms. The molecular formula is C15H10Br2N2O3. The van der Waals surface area contributed by atoms with Gasteiger partial charge in [-0.3, -0.25) is 4.79 Å². The van der Waals surface area contributed by atoms with Gasteiger partial charge in [-0.15, -0.1) is 0 Å². The zero-order valence-corrected chi connectivity index (χ0v) is 14.6. The van der Waals surface area contributed by atoms with Gasteiger partial charge in [-0.1, -0.05) is 0 Å². The van der Waals surface area contributed by atoms with Crippen molar-refractivity contribution in [3.05, 3.63) is 50.8 Å². The highest BCUT2D eigenvalue weighted by Gasteiger charge is 2.12. The van der Waals surface area contributed by atoms with Gasteiger partial charge < -0.3 is 14.5 Å². The molecule has 0 aliphatic carbocycles. The third kappa shape index (κ3) is 4.00. The summed E-state index contributed by atoms with van der Waals surface area (Å²) >= 11 is 6.46. The van der Waals surface area contributed by atoms with Crippen molar-refractivity contribution in [3.63, 3.8) is 0 Å². The van der Waals surface area contributed by atoms with Crippen LogP contribution in [0.1, 0.15) is 5.76 Å². The molecule has 1 heterocycles. The van der Waals surface area contributed by atoms with Crippen molar-refractivity contribution >= 4 is 49.5 Å². The van der Waals surface area contributed by atoms with Crippen LogP contribution in [0.2, 0.25) is 0 Å². The second-order valence-electron chi connectivity index (χ2n) is 4.12. The molecule has 1 aromatic heterocycles. The number of amides is 1. The zero-order chi connectivity index (χ0) is 16.1. The first kappa shape index (κ1) is 16.3. The number of furan rings is 1. The largest absolute Gasteiger partial charge is 0.497 e. The number of rotatable bonds is 4. The molecule has 1 N–H and O–H groups in total. The molecule has 2 rings (SSSR count). The van der Waals surface area contributed by atoms with E-state index in [4.69, 9.17) is 14.4 Å². The maximum Gasteiger partial charge on any atom is 0.266 e. The maximum atomic E-state index is 12.1. The Kier molecular flexibility index (Phi) is 5.41. The first-order valence-corrected chi connectivity index (χ1v) is 7.64. The van der Waals surface area contributed by atoms with Crippen molar-refractivity contribution in [2.24, 2.45) is 0 Å². The molecule has 7 heteroatoms. The Morgan fingerprint density at radius 1 is 1.36 bits per heavy atom. The third-order valence-electron chi connectivity index (χ3n) is 2.66. The molecular weight excluding hydrogens is 416 g/mol. The molecule has 0 aliphatic rings. The molecule has 0 unspecified atom stereocenters. The van der Waals surface area contributed by atoms with Crippen molar-refractivity contribution in [1.82, 2.24) is 0 Å². The number of nitrogens with one attached hydrogen (secondary N) is 1. The average Bonchev–Trinajstić information content (AvgIpc) is 2.83. The predicted molar refractivity (Wildman–Crippen MR) is 89.3 cm³/mol. The number of nitriles is 1. The molecule has 1 amide bonds. The molecule has 112 valence electrons. The summed E-state index contributed by atoms with van der Waals surface area (Å²) in [6.45, 7) is 0. The summed E-state index contributed by atoms with van der Waals surface area (Å²) in [5.74, 6) is 0.552. The van der Waals surface area contributed by atoms with Crippen molar-refractivity contribution in [2.45, 2.75) is 0 Å². The minimum absolute atomic E-state index is 0.0652. The van der Waals surface area contributed by atoms with Gasteiger partial charge in [0, 0.05) is 11.8 Å².